The van der Waals surface area contributed by atoms with Crippen molar-refractivity contribution in [1.82, 2.24) is 10.6 Å². The number of ether oxygens (including phenoxy) is 1. The highest BCUT2D eigenvalue weighted by Crippen LogP contribution is 2.21. The monoisotopic (exact) mass is 642 g/mol. The summed E-state index contributed by atoms with van der Waals surface area (Å²) in [6.07, 6.45) is 26.8. The van der Waals surface area contributed by atoms with E-state index in [0.29, 0.717) is 41.4 Å². The highest BCUT2D eigenvalue weighted by Gasteiger charge is 2.29. The second kappa shape index (κ2) is 22.2. The third-order valence-corrected chi connectivity index (χ3v) is 6.92. The summed E-state index contributed by atoms with van der Waals surface area (Å²) in [7, 11) is 0. The Morgan fingerprint density at radius 1 is 0.761 bits per heavy atom. The molecule has 0 aliphatic rings. The topological polar surface area (TPSA) is 84.5 Å². The minimum atomic E-state index is -1.15. The molecule has 2 aromatic carbocycles. The summed E-state index contributed by atoms with van der Waals surface area (Å²) in [6, 6.07) is 13.4. The van der Waals surface area contributed by atoms with E-state index < -0.39 is 5.60 Å². The lowest BCUT2D eigenvalue weighted by Crippen LogP contribution is -2.48. The van der Waals surface area contributed by atoms with Crippen LogP contribution in [0.1, 0.15) is 81.6 Å². The van der Waals surface area contributed by atoms with E-state index in [-0.39, 0.29) is 17.6 Å². The molecule has 6 nitrogen and oxygen atoms in total. The van der Waals surface area contributed by atoms with E-state index in [1.165, 1.54) is 0 Å². The van der Waals surface area contributed by atoms with Gasteiger partial charge in [0.25, 0.3) is 5.91 Å². The normalized spacial score (nSPS) is 11.7. The van der Waals surface area contributed by atoms with Crippen LogP contribution in [0.3, 0.4) is 0 Å². The quantitative estimate of drug-likeness (QED) is 0.0655. The highest BCUT2D eigenvalue weighted by molar-refractivity contribution is 6.30. The van der Waals surface area contributed by atoms with Gasteiger partial charge >= 0.3 is 0 Å². The number of benzene rings is 2. The van der Waals surface area contributed by atoms with E-state index in [2.05, 4.69) is 65.0 Å². The summed E-state index contributed by atoms with van der Waals surface area (Å²) < 4.78 is 5.89. The molecular weight excluding hydrogens is 596 g/mol. The second-order valence-corrected chi connectivity index (χ2v) is 11.4. The van der Waals surface area contributed by atoms with Crippen LogP contribution in [-0.2, 0) is 9.59 Å². The number of carbonyl (C=O) groups is 3. The first kappa shape index (κ1) is 37.8. The molecule has 2 aromatic rings. The van der Waals surface area contributed by atoms with E-state index >= 15 is 0 Å². The molecule has 0 radical (unpaired) electrons. The molecule has 0 bridgehead atoms. The van der Waals surface area contributed by atoms with Crippen molar-refractivity contribution in [2.24, 2.45) is 0 Å². The summed E-state index contributed by atoms with van der Waals surface area (Å²) in [5, 5.41) is 6.21. The summed E-state index contributed by atoms with van der Waals surface area (Å²) in [4.78, 5) is 37.5. The van der Waals surface area contributed by atoms with Crippen molar-refractivity contribution in [3.8, 4) is 5.75 Å². The maximum atomic E-state index is 12.7. The van der Waals surface area contributed by atoms with E-state index in [1.54, 1.807) is 62.4 Å². The number of rotatable bonds is 20. The Morgan fingerprint density at radius 3 is 1.87 bits per heavy atom. The van der Waals surface area contributed by atoms with Crippen LogP contribution in [0.4, 0.5) is 0 Å². The fourth-order valence-electron chi connectivity index (χ4n) is 4.12. The van der Waals surface area contributed by atoms with Crippen molar-refractivity contribution in [3.63, 3.8) is 0 Å². The zero-order valence-electron chi connectivity index (χ0n) is 27.3. The van der Waals surface area contributed by atoms with Crippen molar-refractivity contribution >= 4 is 29.2 Å². The van der Waals surface area contributed by atoms with Gasteiger partial charge in [-0.1, -0.05) is 60.2 Å². The fourth-order valence-corrected chi connectivity index (χ4v) is 4.25. The number of allylic oxidation sites excluding steroid dienone is 9. The Morgan fingerprint density at radius 2 is 1.28 bits per heavy atom. The third-order valence-electron chi connectivity index (χ3n) is 6.67. The van der Waals surface area contributed by atoms with Crippen LogP contribution < -0.4 is 15.4 Å². The predicted octanol–water partition coefficient (Wildman–Crippen LogP) is 8.65. The molecule has 0 atom stereocenters. The van der Waals surface area contributed by atoms with E-state index in [9.17, 15) is 14.4 Å². The average Bonchev–Trinajstić information content (AvgIpc) is 3.04. The van der Waals surface area contributed by atoms with Gasteiger partial charge in [0.2, 0.25) is 5.91 Å². The number of halogens is 1. The first-order chi connectivity index (χ1) is 22.2. The molecular formula is C39H47ClN2O4. The fraction of sp³-hybridized carbons (Fsp3) is 0.333. The van der Waals surface area contributed by atoms with Gasteiger partial charge in [0.1, 0.15) is 5.75 Å². The number of nitrogens with one attached hydrogen (secondary N) is 2. The Bertz CT molecular complexity index is 1410. The van der Waals surface area contributed by atoms with E-state index in [1.807, 2.05) is 19.1 Å². The molecule has 0 fully saturated rings. The molecule has 0 heterocycles. The number of ketones is 1. The van der Waals surface area contributed by atoms with Gasteiger partial charge in [0, 0.05) is 35.7 Å². The maximum absolute atomic E-state index is 12.7. The largest absolute Gasteiger partial charge is 0.478 e. The zero-order valence-corrected chi connectivity index (χ0v) is 28.0. The lowest BCUT2D eigenvalue weighted by Gasteiger charge is -2.25. The van der Waals surface area contributed by atoms with Crippen molar-refractivity contribution in [2.75, 3.05) is 13.1 Å². The Kier molecular flexibility index (Phi) is 18.2. The number of unbranched alkanes of at least 4 members (excludes halogenated alkanes) is 1. The summed E-state index contributed by atoms with van der Waals surface area (Å²) >= 11 is 5.90. The minimum absolute atomic E-state index is 0.0396. The van der Waals surface area contributed by atoms with Crippen molar-refractivity contribution in [3.05, 3.63) is 131 Å². The number of hydrogen-bond acceptors (Lipinski definition) is 4. The first-order valence-electron chi connectivity index (χ1n) is 15.8. The summed E-state index contributed by atoms with van der Waals surface area (Å²) in [5.74, 6) is -0.0101. The molecule has 0 aromatic heterocycles. The first-order valence-corrected chi connectivity index (χ1v) is 16.2. The van der Waals surface area contributed by atoms with Gasteiger partial charge in [0.15, 0.2) is 11.4 Å². The van der Waals surface area contributed by atoms with Crippen LogP contribution in [0, 0.1) is 0 Å². The van der Waals surface area contributed by atoms with Gasteiger partial charge in [-0.25, -0.2) is 0 Å². The molecule has 0 saturated carbocycles. The van der Waals surface area contributed by atoms with Gasteiger partial charge in [-0.3, -0.25) is 14.4 Å². The van der Waals surface area contributed by atoms with E-state index in [4.69, 9.17) is 16.3 Å². The predicted molar refractivity (Wildman–Crippen MR) is 189 cm³/mol. The molecule has 0 spiro atoms. The van der Waals surface area contributed by atoms with Crippen LogP contribution in [0.2, 0.25) is 5.02 Å². The molecule has 0 unspecified atom stereocenters. The Hall–Kier alpha value is -4.38. The molecule has 7 heteroatoms. The smallest absolute Gasteiger partial charge is 0.263 e. The second-order valence-electron chi connectivity index (χ2n) is 11.0. The molecule has 2 N–H and O–H groups in total. The number of amides is 2. The van der Waals surface area contributed by atoms with Crippen molar-refractivity contribution in [2.45, 2.75) is 71.3 Å². The zero-order chi connectivity index (χ0) is 33.5. The standard InChI is InChI=1S/C39H47ClN2O4/c1-4-5-6-7-8-9-10-11-12-13-14-15-16-17-18-19-20-21-36(43)41-30-31-42-38(45)39(2,3)46-35-28-24-33(25-29-35)37(44)32-22-26-34(40)27-23-32/h4,6,8-9,11-12,14-15,17-18,22-29H,7,10,13,16,19-21,30-31H2,1-3H3,(H,41,43)(H,42,45)/b9-8-,12-11-,15-14-,18-17-. The maximum Gasteiger partial charge on any atom is 0.263 e. The molecule has 46 heavy (non-hydrogen) atoms. The Labute approximate surface area is 279 Å². The van der Waals surface area contributed by atoms with Gasteiger partial charge in [-0.15, -0.1) is 5.73 Å². The van der Waals surface area contributed by atoms with E-state index in [0.717, 1.165) is 38.5 Å². The third kappa shape index (κ3) is 16.1. The van der Waals surface area contributed by atoms with Gasteiger partial charge in [-0.2, -0.15) is 0 Å². The van der Waals surface area contributed by atoms with Gasteiger partial charge in [-0.05, 0) is 120 Å². The number of hydrogen-bond donors (Lipinski definition) is 2. The van der Waals surface area contributed by atoms with Crippen LogP contribution in [0.5, 0.6) is 5.75 Å². The lowest BCUT2D eigenvalue weighted by atomic mass is 10.0. The highest BCUT2D eigenvalue weighted by atomic mass is 35.5. The molecule has 2 amide bonds. The van der Waals surface area contributed by atoms with Crippen LogP contribution >= 0.6 is 11.6 Å². The summed E-state index contributed by atoms with van der Waals surface area (Å²) in [6.45, 7) is 5.92. The molecule has 0 aliphatic carbocycles. The molecule has 0 saturated heterocycles. The van der Waals surface area contributed by atoms with Crippen molar-refractivity contribution < 1.29 is 19.1 Å². The lowest BCUT2D eigenvalue weighted by molar-refractivity contribution is -0.134. The average molecular weight is 643 g/mol. The summed E-state index contributed by atoms with van der Waals surface area (Å²) in [5.41, 5.74) is 2.95. The molecule has 2 rings (SSSR count). The number of carbonyl (C=O) groups excluding carboxylic acids is 3. The van der Waals surface area contributed by atoms with Gasteiger partial charge < -0.3 is 15.4 Å². The van der Waals surface area contributed by atoms with Crippen LogP contribution in [0.15, 0.2) is 115 Å². The van der Waals surface area contributed by atoms with Crippen molar-refractivity contribution in [1.29, 1.82) is 0 Å². The molecule has 244 valence electrons. The van der Waals surface area contributed by atoms with Crippen LogP contribution in [-0.4, -0.2) is 36.3 Å². The SMILES string of the molecule is CC=C=CC/C=C\C/C=C\C/C=C\C/C=C\CCCC(=O)NCCNC(=O)C(C)(C)Oc1ccc(C(=O)c2ccc(Cl)cc2)cc1. The Balaban J connectivity index is 1.55. The van der Waals surface area contributed by atoms with Crippen LogP contribution in [0.25, 0.3) is 0 Å². The van der Waals surface area contributed by atoms with Gasteiger partial charge in [0.05, 0.1) is 0 Å². The minimum Gasteiger partial charge on any atom is -0.478 e. The molecule has 0 aliphatic heterocycles.